The molecule has 0 saturated carbocycles. The number of phenolic OH excluding ortho intramolecular Hbond substituents is 1. The molecule has 2 rings (SSSR count). The van der Waals surface area contributed by atoms with E-state index in [1.807, 2.05) is 30.3 Å². The normalized spacial score (nSPS) is 12.9. The Balaban J connectivity index is 2.01. The second-order valence-electron chi connectivity index (χ2n) is 5.75. The number of hydrogen-bond acceptors (Lipinski definition) is 5. The van der Waals surface area contributed by atoms with E-state index in [2.05, 4.69) is 5.32 Å². The third kappa shape index (κ3) is 5.61. The highest BCUT2D eigenvalue weighted by Gasteiger charge is 2.24. The Morgan fingerprint density at radius 1 is 1.04 bits per heavy atom. The van der Waals surface area contributed by atoms with Crippen molar-refractivity contribution in [1.29, 1.82) is 0 Å². The molecule has 0 aromatic heterocycles. The topological polar surface area (TPSA) is 102 Å². The van der Waals surface area contributed by atoms with Crippen molar-refractivity contribution in [2.45, 2.75) is 24.9 Å². The third-order valence-corrected chi connectivity index (χ3v) is 3.81. The molecule has 0 radical (unpaired) electrons. The second-order valence-corrected chi connectivity index (χ2v) is 5.75. The van der Waals surface area contributed by atoms with Crippen molar-refractivity contribution in [3.63, 3.8) is 0 Å². The van der Waals surface area contributed by atoms with Gasteiger partial charge in [0.05, 0.1) is 13.2 Å². The number of hydrogen-bond donors (Lipinski definition) is 3. The first-order valence-electron chi connectivity index (χ1n) is 7.95. The van der Waals surface area contributed by atoms with E-state index in [-0.39, 0.29) is 12.2 Å². The van der Waals surface area contributed by atoms with Gasteiger partial charge in [-0.25, -0.2) is 4.79 Å². The van der Waals surface area contributed by atoms with Crippen LogP contribution in [-0.4, -0.2) is 36.2 Å². The van der Waals surface area contributed by atoms with Gasteiger partial charge in [-0.05, 0) is 29.7 Å². The lowest BCUT2D eigenvalue weighted by Gasteiger charge is -2.19. The number of amides is 1. The molecule has 0 aliphatic heterocycles. The number of methoxy groups -OCH3 is 1. The number of phenols is 1. The molecule has 1 amide bonds. The first-order valence-corrected chi connectivity index (χ1v) is 7.95. The minimum absolute atomic E-state index is 0.132. The molecular weight excluding hydrogens is 320 g/mol. The number of esters is 1. The largest absolute Gasteiger partial charge is 0.508 e. The highest BCUT2D eigenvalue weighted by molar-refractivity contribution is 5.87. The molecule has 6 nitrogen and oxygen atoms in total. The maximum atomic E-state index is 12.3. The molecule has 132 valence electrons. The van der Waals surface area contributed by atoms with E-state index in [1.165, 1.54) is 19.2 Å². The van der Waals surface area contributed by atoms with E-state index in [0.717, 1.165) is 11.1 Å². The van der Waals surface area contributed by atoms with Gasteiger partial charge in [-0.1, -0.05) is 42.5 Å². The maximum Gasteiger partial charge on any atom is 0.328 e. The molecule has 0 aliphatic rings. The fourth-order valence-corrected chi connectivity index (χ4v) is 2.44. The van der Waals surface area contributed by atoms with E-state index >= 15 is 0 Å². The molecule has 2 aromatic rings. The van der Waals surface area contributed by atoms with Gasteiger partial charge in [0.15, 0.2) is 0 Å². The van der Waals surface area contributed by atoms with Gasteiger partial charge in [-0.3, -0.25) is 4.79 Å². The monoisotopic (exact) mass is 342 g/mol. The summed E-state index contributed by atoms with van der Waals surface area (Å²) in [4.78, 5) is 24.3. The van der Waals surface area contributed by atoms with Crippen LogP contribution in [0.25, 0.3) is 0 Å². The fraction of sp³-hybridized carbons (Fsp3) is 0.263. The zero-order chi connectivity index (χ0) is 18.2. The van der Waals surface area contributed by atoms with Crippen molar-refractivity contribution in [2.24, 2.45) is 5.73 Å². The number of nitrogens with two attached hydrogens (primary N) is 1. The van der Waals surface area contributed by atoms with Crippen LogP contribution in [0.3, 0.4) is 0 Å². The molecule has 0 bridgehead atoms. The van der Waals surface area contributed by atoms with Crippen LogP contribution in [0.2, 0.25) is 0 Å². The lowest BCUT2D eigenvalue weighted by molar-refractivity contribution is -0.145. The van der Waals surface area contributed by atoms with E-state index in [0.29, 0.717) is 6.42 Å². The van der Waals surface area contributed by atoms with Crippen LogP contribution in [0.5, 0.6) is 5.75 Å². The van der Waals surface area contributed by atoms with Crippen LogP contribution in [0, 0.1) is 0 Å². The summed E-state index contributed by atoms with van der Waals surface area (Å²) >= 11 is 0. The number of benzene rings is 2. The summed E-state index contributed by atoms with van der Waals surface area (Å²) in [6.07, 6.45) is 0.622. The van der Waals surface area contributed by atoms with Crippen LogP contribution in [0.1, 0.15) is 11.1 Å². The minimum Gasteiger partial charge on any atom is -0.508 e. The Labute approximate surface area is 146 Å². The van der Waals surface area contributed by atoms with Gasteiger partial charge >= 0.3 is 5.97 Å². The van der Waals surface area contributed by atoms with Gasteiger partial charge in [-0.2, -0.15) is 0 Å². The van der Waals surface area contributed by atoms with Gasteiger partial charge in [0.25, 0.3) is 0 Å². The highest BCUT2D eigenvalue weighted by Crippen LogP contribution is 2.12. The number of rotatable bonds is 7. The summed E-state index contributed by atoms with van der Waals surface area (Å²) in [6.45, 7) is 0. The van der Waals surface area contributed by atoms with Gasteiger partial charge in [0.2, 0.25) is 5.91 Å². The zero-order valence-electron chi connectivity index (χ0n) is 14.0. The number of carbonyl (C=O) groups excluding carboxylic acids is 2. The molecular formula is C19H22N2O4. The van der Waals surface area contributed by atoms with Crippen LogP contribution < -0.4 is 11.1 Å². The molecule has 6 heteroatoms. The quantitative estimate of drug-likeness (QED) is 0.656. The molecule has 0 aliphatic carbocycles. The molecule has 2 aromatic carbocycles. The van der Waals surface area contributed by atoms with Crippen LogP contribution in [0.4, 0.5) is 0 Å². The molecule has 0 spiro atoms. The van der Waals surface area contributed by atoms with Crippen molar-refractivity contribution < 1.29 is 19.4 Å². The summed E-state index contributed by atoms with van der Waals surface area (Å²) in [7, 11) is 1.27. The Morgan fingerprint density at radius 2 is 1.64 bits per heavy atom. The number of aromatic hydroxyl groups is 1. The predicted octanol–water partition coefficient (Wildman–Crippen LogP) is 1.16. The third-order valence-electron chi connectivity index (χ3n) is 3.81. The second kappa shape index (κ2) is 8.84. The molecule has 2 atom stereocenters. The van der Waals surface area contributed by atoms with Crippen molar-refractivity contribution in [1.82, 2.24) is 5.32 Å². The van der Waals surface area contributed by atoms with Crippen LogP contribution >= 0.6 is 0 Å². The molecule has 0 saturated heterocycles. The van der Waals surface area contributed by atoms with E-state index in [4.69, 9.17) is 10.5 Å². The van der Waals surface area contributed by atoms with Crippen molar-refractivity contribution >= 4 is 11.9 Å². The number of ether oxygens (including phenoxy) is 1. The average molecular weight is 342 g/mol. The predicted molar refractivity (Wildman–Crippen MR) is 93.9 cm³/mol. The van der Waals surface area contributed by atoms with Gasteiger partial charge in [0.1, 0.15) is 11.8 Å². The minimum atomic E-state index is -0.844. The summed E-state index contributed by atoms with van der Waals surface area (Å²) < 4.78 is 4.76. The molecule has 0 fully saturated rings. The first kappa shape index (κ1) is 18.5. The summed E-state index contributed by atoms with van der Waals surface area (Å²) in [5.41, 5.74) is 7.68. The van der Waals surface area contributed by atoms with Gasteiger partial charge < -0.3 is 20.9 Å². The standard InChI is InChI=1S/C19H22N2O4/c1-25-19(24)17(12-14-7-9-15(22)10-8-14)21-18(23)16(20)11-13-5-3-2-4-6-13/h2-10,16-17,22H,11-12,20H2,1H3,(H,21,23). The SMILES string of the molecule is COC(=O)C(Cc1ccc(O)cc1)NC(=O)C(N)Cc1ccccc1. The molecule has 2 unspecified atom stereocenters. The number of nitrogens with one attached hydrogen (secondary N) is 1. The average Bonchev–Trinajstić information content (AvgIpc) is 2.63. The van der Waals surface area contributed by atoms with Crippen molar-refractivity contribution in [3.8, 4) is 5.75 Å². The maximum absolute atomic E-state index is 12.3. The van der Waals surface area contributed by atoms with E-state index in [9.17, 15) is 14.7 Å². The van der Waals surface area contributed by atoms with Crippen molar-refractivity contribution in [2.75, 3.05) is 7.11 Å². The zero-order valence-corrected chi connectivity index (χ0v) is 14.0. The molecule has 4 N–H and O–H groups in total. The van der Waals surface area contributed by atoms with Crippen molar-refractivity contribution in [3.05, 3.63) is 65.7 Å². The van der Waals surface area contributed by atoms with Gasteiger partial charge in [0, 0.05) is 6.42 Å². The molecule has 25 heavy (non-hydrogen) atoms. The van der Waals surface area contributed by atoms with E-state index < -0.39 is 24.0 Å². The summed E-state index contributed by atoms with van der Waals surface area (Å²) in [6, 6.07) is 14.2. The Kier molecular flexibility index (Phi) is 6.54. The summed E-state index contributed by atoms with van der Waals surface area (Å²) in [5, 5.41) is 12.0. The van der Waals surface area contributed by atoms with Crippen LogP contribution in [-0.2, 0) is 27.2 Å². The lowest BCUT2D eigenvalue weighted by atomic mass is 10.0. The first-order chi connectivity index (χ1) is 12.0. The van der Waals surface area contributed by atoms with E-state index in [1.54, 1.807) is 12.1 Å². The van der Waals surface area contributed by atoms with Crippen LogP contribution in [0.15, 0.2) is 54.6 Å². The summed E-state index contributed by atoms with van der Waals surface area (Å²) in [5.74, 6) is -0.835. The Morgan fingerprint density at radius 3 is 2.24 bits per heavy atom. The Hall–Kier alpha value is -2.86. The highest BCUT2D eigenvalue weighted by atomic mass is 16.5. The molecule has 0 heterocycles. The lowest BCUT2D eigenvalue weighted by Crippen LogP contribution is -2.50. The Bertz CT molecular complexity index is 701. The fourth-order valence-electron chi connectivity index (χ4n) is 2.44. The van der Waals surface area contributed by atoms with Gasteiger partial charge in [-0.15, -0.1) is 0 Å². The smallest absolute Gasteiger partial charge is 0.328 e. The number of carbonyl (C=O) groups is 2.